The summed E-state index contributed by atoms with van der Waals surface area (Å²) in [6, 6.07) is 23.0. The van der Waals surface area contributed by atoms with Gasteiger partial charge < -0.3 is 5.32 Å². The molecule has 2 heterocycles. The SMILES string of the molecule is Clc1ccc2c(NCCCCN(Cc3ccccc3)Cc3ccc(Br)s3)ccnc2c1. The third-order valence-corrected chi connectivity index (χ3v) is 7.02. The molecule has 2 aromatic heterocycles. The van der Waals surface area contributed by atoms with Crippen molar-refractivity contribution in [3.05, 3.63) is 92.2 Å². The van der Waals surface area contributed by atoms with Gasteiger partial charge in [0.2, 0.25) is 0 Å². The number of unbranched alkanes of at least 4 members (excludes halogenated alkanes) is 1. The van der Waals surface area contributed by atoms with Gasteiger partial charge in [0.1, 0.15) is 0 Å². The molecule has 0 fully saturated rings. The van der Waals surface area contributed by atoms with Crippen LogP contribution in [0.1, 0.15) is 23.3 Å². The molecule has 0 spiro atoms. The van der Waals surface area contributed by atoms with Crippen molar-refractivity contribution in [2.75, 3.05) is 18.4 Å². The smallest absolute Gasteiger partial charge is 0.0737 e. The molecule has 0 radical (unpaired) electrons. The van der Waals surface area contributed by atoms with E-state index in [1.54, 1.807) is 0 Å². The van der Waals surface area contributed by atoms with Crippen molar-refractivity contribution < 1.29 is 0 Å². The molecule has 0 aliphatic rings. The highest BCUT2D eigenvalue weighted by Crippen LogP contribution is 2.25. The molecule has 0 saturated heterocycles. The molecule has 160 valence electrons. The van der Waals surface area contributed by atoms with Crippen LogP contribution in [-0.2, 0) is 13.1 Å². The van der Waals surface area contributed by atoms with Gasteiger partial charge >= 0.3 is 0 Å². The van der Waals surface area contributed by atoms with Gasteiger partial charge in [0.15, 0.2) is 0 Å². The number of nitrogens with zero attached hydrogens (tertiary/aromatic N) is 2. The zero-order valence-electron chi connectivity index (χ0n) is 17.2. The average molecular weight is 515 g/mol. The summed E-state index contributed by atoms with van der Waals surface area (Å²) in [6.45, 7) is 3.96. The first-order chi connectivity index (χ1) is 15.2. The zero-order chi connectivity index (χ0) is 21.5. The quantitative estimate of drug-likeness (QED) is 0.221. The molecule has 0 atom stereocenters. The Morgan fingerprint density at radius 3 is 2.65 bits per heavy atom. The Bertz CT molecular complexity index is 1120. The lowest BCUT2D eigenvalue weighted by Crippen LogP contribution is -2.24. The van der Waals surface area contributed by atoms with Crippen molar-refractivity contribution in [3.63, 3.8) is 0 Å². The predicted molar refractivity (Wildman–Crippen MR) is 137 cm³/mol. The van der Waals surface area contributed by atoms with E-state index in [4.69, 9.17) is 11.6 Å². The van der Waals surface area contributed by atoms with Crippen LogP contribution in [0.5, 0.6) is 0 Å². The number of rotatable bonds is 10. The molecule has 0 aliphatic heterocycles. The van der Waals surface area contributed by atoms with E-state index in [0.717, 1.165) is 55.6 Å². The summed E-state index contributed by atoms with van der Waals surface area (Å²) < 4.78 is 1.19. The Morgan fingerprint density at radius 1 is 0.968 bits per heavy atom. The minimum Gasteiger partial charge on any atom is -0.384 e. The second kappa shape index (κ2) is 11.1. The largest absolute Gasteiger partial charge is 0.384 e. The van der Waals surface area contributed by atoms with Gasteiger partial charge in [-0.05, 0) is 77.3 Å². The molecular weight excluding hydrogens is 490 g/mol. The van der Waals surface area contributed by atoms with Crippen LogP contribution in [-0.4, -0.2) is 23.0 Å². The summed E-state index contributed by atoms with van der Waals surface area (Å²) in [5.41, 5.74) is 3.40. The number of anilines is 1. The lowest BCUT2D eigenvalue weighted by atomic mass is 10.1. The summed E-state index contributed by atoms with van der Waals surface area (Å²) >= 11 is 11.5. The van der Waals surface area contributed by atoms with E-state index >= 15 is 0 Å². The molecule has 4 aromatic rings. The van der Waals surface area contributed by atoms with Gasteiger partial charge in [0.25, 0.3) is 0 Å². The number of hydrogen-bond acceptors (Lipinski definition) is 4. The van der Waals surface area contributed by atoms with Crippen LogP contribution in [0.2, 0.25) is 5.02 Å². The third kappa shape index (κ3) is 6.53. The summed E-state index contributed by atoms with van der Waals surface area (Å²) in [4.78, 5) is 8.35. The van der Waals surface area contributed by atoms with E-state index < -0.39 is 0 Å². The highest BCUT2D eigenvalue weighted by molar-refractivity contribution is 9.11. The van der Waals surface area contributed by atoms with Gasteiger partial charge in [-0.2, -0.15) is 0 Å². The summed E-state index contributed by atoms with van der Waals surface area (Å²) in [5, 5.41) is 5.41. The standard InChI is InChI=1S/C25H25BrClN3S/c26-25-11-9-21(31-25)18-30(17-19-6-2-1-3-7-19)15-5-4-13-28-23-12-14-29-24-16-20(27)8-10-22(23)24/h1-3,6-12,14,16H,4-5,13,15,17-18H2,(H,28,29). The van der Waals surface area contributed by atoms with E-state index in [1.165, 1.54) is 14.2 Å². The maximum Gasteiger partial charge on any atom is 0.0737 e. The lowest BCUT2D eigenvalue weighted by Gasteiger charge is -2.22. The highest BCUT2D eigenvalue weighted by Gasteiger charge is 2.09. The second-order valence-electron chi connectivity index (χ2n) is 7.56. The lowest BCUT2D eigenvalue weighted by molar-refractivity contribution is 0.254. The normalized spacial score (nSPS) is 11.3. The Balaban J connectivity index is 1.31. The van der Waals surface area contributed by atoms with Crippen molar-refractivity contribution in [1.82, 2.24) is 9.88 Å². The van der Waals surface area contributed by atoms with Crippen LogP contribution < -0.4 is 5.32 Å². The van der Waals surface area contributed by atoms with Gasteiger partial charge in [-0.25, -0.2) is 0 Å². The molecule has 2 aromatic carbocycles. The van der Waals surface area contributed by atoms with Crippen molar-refractivity contribution in [1.29, 1.82) is 0 Å². The maximum absolute atomic E-state index is 6.10. The van der Waals surface area contributed by atoms with Crippen LogP contribution in [0.25, 0.3) is 10.9 Å². The van der Waals surface area contributed by atoms with Gasteiger partial charge in [0.05, 0.1) is 9.30 Å². The van der Waals surface area contributed by atoms with Crippen LogP contribution >= 0.6 is 38.9 Å². The van der Waals surface area contributed by atoms with Crippen LogP contribution in [0.15, 0.2) is 76.7 Å². The predicted octanol–water partition coefficient (Wildman–Crippen LogP) is 7.61. The molecule has 31 heavy (non-hydrogen) atoms. The molecule has 4 rings (SSSR count). The summed E-state index contributed by atoms with van der Waals surface area (Å²) in [6.07, 6.45) is 4.08. The van der Waals surface area contributed by atoms with E-state index in [0.29, 0.717) is 5.02 Å². The molecule has 3 nitrogen and oxygen atoms in total. The number of halogens is 2. The fourth-order valence-corrected chi connectivity index (χ4v) is 5.36. The van der Waals surface area contributed by atoms with E-state index in [2.05, 4.69) is 73.6 Å². The van der Waals surface area contributed by atoms with E-state index in [-0.39, 0.29) is 0 Å². The maximum atomic E-state index is 6.10. The van der Waals surface area contributed by atoms with Gasteiger partial charge in [0, 0.05) is 46.8 Å². The molecule has 0 aliphatic carbocycles. The molecule has 6 heteroatoms. The van der Waals surface area contributed by atoms with E-state index in [9.17, 15) is 0 Å². The minimum atomic E-state index is 0.716. The van der Waals surface area contributed by atoms with Gasteiger partial charge in [-0.3, -0.25) is 9.88 Å². The number of benzene rings is 2. The van der Waals surface area contributed by atoms with Crippen molar-refractivity contribution in [2.45, 2.75) is 25.9 Å². The van der Waals surface area contributed by atoms with Crippen LogP contribution in [0.3, 0.4) is 0 Å². The third-order valence-electron chi connectivity index (χ3n) is 5.18. The molecule has 0 unspecified atom stereocenters. The Hall–Kier alpha value is -1.92. The first kappa shape index (κ1) is 22.3. The van der Waals surface area contributed by atoms with Crippen molar-refractivity contribution >= 4 is 55.5 Å². The Labute approximate surface area is 201 Å². The van der Waals surface area contributed by atoms with Crippen LogP contribution in [0, 0.1) is 0 Å². The van der Waals surface area contributed by atoms with Crippen LogP contribution in [0.4, 0.5) is 5.69 Å². The molecule has 0 saturated carbocycles. The van der Waals surface area contributed by atoms with Crippen molar-refractivity contribution in [2.24, 2.45) is 0 Å². The number of hydrogen-bond donors (Lipinski definition) is 1. The number of fused-ring (bicyclic) bond motifs is 1. The molecule has 0 bridgehead atoms. The van der Waals surface area contributed by atoms with Gasteiger partial charge in [-0.15, -0.1) is 11.3 Å². The zero-order valence-corrected chi connectivity index (χ0v) is 20.4. The number of pyridine rings is 1. The number of thiophene rings is 1. The fourth-order valence-electron chi connectivity index (χ4n) is 3.67. The summed E-state index contributed by atoms with van der Waals surface area (Å²) in [7, 11) is 0. The van der Waals surface area contributed by atoms with Gasteiger partial charge in [-0.1, -0.05) is 41.9 Å². The van der Waals surface area contributed by atoms with E-state index in [1.807, 2.05) is 41.8 Å². The number of aromatic nitrogens is 1. The molecule has 1 N–H and O–H groups in total. The summed E-state index contributed by atoms with van der Waals surface area (Å²) in [5.74, 6) is 0. The first-order valence-electron chi connectivity index (χ1n) is 10.5. The monoisotopic (exact) mass is 513 g/mol. The Morgan fingerprint density at radius 2 is 1.84 bits per heavy atom. The molecule has 0 amide bonds. The fraction of sp³-hybridized carbons (Fsp3) is 0.240. The molecular formula is C25H25BrClN3S. The highest BCUT2D eigenvalue weighted by atomic mass is 79.9. The van der Waals surface area contributed by atoms with Crippen molar-refractivity contribution in [3.8, 4) is 0 Å². The average Bonchev–Trinajstić information content (AvgIpc) is 3.18. The minimum absolute atomic E-state index is 0.716. The number of nitrogens with one attached hydrogen (secondary N) is 1. The topological polar surface area (TPSA) is 28.2 Å². The second-order valence-corrected chi connectivity index (χ2v) is 10.5. The Kier molecular flexibility index (Phi) is 7.97. The first-order valence-corrected chi connectivity index (χ1v) is 12.4.